The summed E-state index contributed by atoms with van der Waals surface area (Å²) in [5.41, 5.74) is 2.31. The van der Waals surface area contributed by atoms with E-state index in [-0.39, 0.29) is 18.3 Å². The molecule has 0 aliphatic heterocycles. The van der Waals surface area contributed by atoms with Crippen LogP contribution in [0.4, 0.5) is 0 Å². The van der Waals surface area contributed by atoms with Gasteiger partial charge in [0.25, 0.3) is 5.91 Å². The molecule has 0 spiro atoms. The minimum Gasteiger partial charge on any atom is -0.508 e. The van der Waals surface area contributed by atoms with Crippen molar-refractivity contribution in [1.29, 1.82) is 0 Å². The molecule has 0 aliphatic carbocycles. The fourth-order valence-corrected chi connectivity index (χ4v) is 1.66. The zero-order chi connectivity index (χ0) is 13.7. The number of hydrogen-bond acceptors (Lipinski definition) is 3. The standard InChI is InChI=1S/C15H15NO3/c17-10-12-3-1-11(2-4-12)9-16-15(19)13-5-7-14(18)8-6-13/h1-8,17-18H,9-10H2,(H,16,19). The number of aromatic hydroxyl groups is 1. The van der Waals surface area contributed by atoms with E-state index in [0.29, 0.717) is 12.1 Å². The Labute approximate surface area is 111 Å². The van der Waals surface area contributed by atoms with Gasteiger partial charge >= 0.3 is 0 Å². The first kappa shape index (κ1) is 13.1. The van der Waals surface area contributed by atoms with Crippen molar-refractivity contribution in [2.45, 2.75) is 13.2 Å². The van der Waals surface area contributed by atoms with E-state index in [2.05, 4.69) is 5.32 Å². The lowest BCUT2D eigenvalue weighted by Crippen LogP contribution is -2.22. The molecule has 98 valence electrons. The van der Waals surface area contributed by atoms with Crippen molar-refractivity contribution >= 4 is 5.91 Å². The van der Waals surface area contributed by atoms with E-state index in [0.717, 1.165) is 11.1 Å². The summed E-state index contributed by atoms with van der Waals surface area (Å²) in [5.74, 6) is -0.0534. The third-order valence-electron chi connectivity index (χ3n) is 2.79. The number of rotatable bonds is 4. The number of aliphatic hydroxyl groups is 1. The van der Waals surface area contributed by atoms with Gasteiger partial charge in [-0.25, -0.2) is 0 Å². The van der Waals surface area contributed by atoms with E-state index in [1.807, 2.05) is 24.3 Å². The van der Waals surface area contributed by atoms with Gasteiger partial charge in [0, 0.05) is 12.1 Å². The molecule has 0 aliphatic rings. The SMILES string of the molecule is O=C(NCc1ccc(CO)cc1)c1ccc(O)cc1. The van der Waals surface area contributed by atoms with E-state index < -0.39 is 0 Å². The highest BCUT2D eigenvalue weighted by atomic mass is 16.3. The molecule has 2 rings (SSSR count). The zero-order valence-electron chi connectivity index (χ0n) is 10.3. The summed E-state index contributed by atoms with van der Waals surface area (Å²) in [5, 5.41) is 20.9. The van der Waals surface area contributed by atoms with Crippen LogP contribution < -0.4 is 5.32 Å². The molecule has 0 fully saturated rings. The smallest absolute Gasteiger partial charge is 0.251 e. The fourth-order valence-electron chi connectivity index (χ4n) is 1.66. The highest BCUT2D eigenvalue weighted by molar-refractivity contribution is 5.94. The largest absolute Gasteiger partial charge is 0.508 e. The van der Waals surface area contributed by atoms with Crippen LogP contribution >= 0.6 is 0 Å². The Morgan fingerprint density at radius 2 is 1.53 bits per heavy atom. The first-order valence-electron chi connectivity index (χ1n) is 5.95. The molecule has 0 saturated heterocycles. The van der Waals surface area contributed by atoms with Crippen LogP contribution in [0, 0.1) is 0 Å². The highest BCUT2D eigenvalue weighted by Crippen LogP contribution is 2.10. The zero-order valence-corrected chi connectivity index (χ0v) is 10.3. The molecule has 19 heavy (non-hydrogen) atoms. The van der Waals surface area contributed by atoms with Crippen LogP contribution in [0.5, 0.6) is 5.75 Å². The molecule has 0 radical (unpaired) electrons. The number of phenols is 1. The monoisotopic (exact) mass is 257 g/mol. The molecule has 0 heterocycles. The van der Waals surface area contributed by atoms with Gasteiger partial charge < -0.3 is 15.5 Å². The van der Waals surface area contributed by atoms with Crippen molar-refractivity contribution in [2.75, 3.05) is 0 Å². The van der Waals surface area contributed by atoms with Gasteiger partial charge in [0.15, 0.2) is 0 Å². The minimum absolute atomic E-state index is 0.0140. The molecular formula is C15H15NO3. The maximum atomic E-state index is 11.8. The Balaban J connectivity index is 1.94. The molecule has 0 atom stereocenters. The Hall–Kier alpha value is -2.33. The number of aliphatic hydroxyl groups excluding tert-OH is 1. The van der Waals surface area contributed by atoms with Gasteiger partial charge in [-0.3, -0.25) is 4.79 Å². The van der Waals surface area contributed by atoms with Crippen LogP contribution in [0.2, 0.25) is 0 Å². The quantitative estimate of drug-likeness (QED) is 0.782. The topological polar surface area (TPSA) is 69.6 Å². The van der Waals surface area contributed by atoms with Gasteiger partial charge in [-0.2, -0.15) is 0 Å². The third kappa shape index (κ3) is 3.56. The molecular weight excluding hydrogens is 242 g/mol. The second kappa shape index (κ2) is 6.02. The normalized spacial score (nSPS) is 10.2. The van der Waals surface area contributed by atoms with Crippen molar-refractivity contribution < 1.29 is 15.0 Å². The van der Waals surface area contributed by atoms with Gasteiger partial charge in [-0.15, -0.1) is 0 Å². The van der Waals surface area contributed by atoms with Crippen molar-refractivity contribution in [3.8, 4) is 5.75 Å². The summed E-state index contributed by atoms with van der Waals surface area (Å²) in [6.07, 6.45) is 0. The number of nitrogens with one attached hydrogen (secondary N) is 1. The Kier molecular flexibility index (Phi) is 4.15. The summed E-state index contributed by atoms with van der Waals surface area (Å²) in [7, 11) is 0. The lowest BCUT2D eigenvalue weighted by molar-refractivity contribution is 0.0951. The number of amides is 1. The second-order valence-electron chi connectivity index (χ2n) is 4.20. The van der Waals surface area contributed by atoms with Gasteiger partial charge in [-0.05, 0) is 35.4 Å². The van der Waals surface area contributed by atoms with Gasteiger partial charge in [-0.1, -0.05) is 24.3 Å². The Morgan fingerprint density at radius 1 is 0.947 bits per heavy atom. The van der Waals surface area contributed by atoms with Crippen molar-refractivity contribution in [3.63, 3.8) is 0 Å². The van der Waals surface area contributed by atoms with Crippen LogP contribution in [-0.4, -0.2) is 16.1 Å². The van der Waals surface area contributed by atoms with E-state index >= 15 is 0 Å². The molecule has 4 nitrogen and oxygen atoms in total. The fraction of sp³-hybridized carbons (Fsp3) is 0.133. The average molecular weight is 257 g/mol. The van der Waals surface area contributed by atoms with Crippen molar-refractivity contribution in [2.24, 2.45) is 0 Å². The Morgan fingerprint density at radius 3 is 2.11 bits per heavy atom. The van der Waals surface area contributed by atoms with E-state index in [1.165, 1.54) is 12.1 Å². The molecule has 0 bridgehead atoms. The molecule has 3 N–H and O–H groups in total. The van der Waals surface area contributed by atoms with Gasteiger partial charge in [0.2, 0.25) is 0 Å². The maximum Gasteiger partial charge on any atom is 0.251 e. The van der Waals surface area contributed by atoms with Crippen LogP contribution in [0.1, 0.15) is 21.5 Å². The average Bonchev–Trinajstić information content (AvgIpc) is 2.46. The van der Waals surface area contributed by atoms with Crippen LogP contribution in [-0.2, 0) is 13.2 Å². The van der Waals surface area contributed by atoms with Crippen LogP contribution in [0.25, 0.3) is 0 Å². The first-order chi connectivity index (χ1) is 9.19. The van der Waals surface area contributed by atoms with Crippen molar-refractivity contribution in [1.82, 2.24) is 5.32 Å². The van der Waals surface area contributed by atoms with Gasteiger partial charge in [0.1, 0.15) is 5.75 Å². The predicted molar refractivity (Wildman–Crippen MR) is 71.6 cm³/mol. The number of hydrogen-bond donors (Lipinski definition) is 3. The molecule has 0 unspecified atom stereocenters. The van der Waals surface area contributed by atoms with Crippen LogP contribution in [0.15, 0.2) is 48.5 Å². The molecule has 2 aromatic carbocycles. The summed E-state index contributed by atoms with van der Waals surface area (Å²) in [4.78, 5) is 11.8. The maximum absolute atomic E-state index is 11.8. The van der Waals surface area contributed by atoms with E-state index in [9.17, 15) is 4.79 Å². The summed E-state index contributed by atoms with van der Waals surface area (Å²) >= 11 is 0. The molecule has 0 saturated carbocycles. The number of phenolic OH excluding ortho intramolecular Hbond substituents is 1. The number of carbonyl (C=O) groups is 1. The molecule has 4 heteroatoms. The first-order valence-corrected chi connectivity index (χ1v) is 5.95. The lowest BCUT2D eigenvalue weighted by Gasteiger charge is -2.06. The minimum atomic E-state index is -0.189. The van der Waals surface area contributed by atoms with Crippen LogP contribution in [0.3, 0.4) is 0 Å². The summed E-state index contributed by atoms with van der Waals surface area (Å²) < 4.78 is 0. The number of carbonyl (C=O) groups excluding carboxylic acids is 1. The second-order valence-corrected chi connectivity index (χ2v) is 4.20. The number of benzene rings is 2. The molecule has 0 aromatic heterocycles. The molecule has 2 aromatic rings. The third-order valence-corrected chi connectivity index (χ3v) is 2.79. The lowest BCUT2D eigenvalue weighted by atomic mass is 10.1. The highest BCUT2D eigenvalue weighted by Gasteiger charge is 2.04. The van der Waals surface area contributed by atoms with E-state index in [4.69, 9.17) is 10.2 Å². The summed E-state index contributed by atoms with van der Waals surface area (Å²) in [6, 6.07) is 13.5. The van der Waals surface area contributed by atoms with Gasteiger partial charge in [0.05, 0.1) is 6.61 Å². The van der Waals surface area contributed by atoms with Crippen molar-refractivity contribution in [3.05, 3.63) is 65.2 Å². The predicted octanol–water partition coefficient (Wildman–Crippen LogP) is 1.81. The summed E-state index contributed by atoms with van der Waals surface area (Å²) in [6.45, 7) is 0.436. The Bertz CT molecular complexity index is 547. The van der Waals surface area contributed by atoms with E-state index in [1.54, 1.807) is 12.1 Å². The molecule has 1 amide bonds.